The molecular weight excluding hydrogens is 292 g/mol. The molecule has 0 aromatic rings. The highest BCUT2D eigenvalue weighted by Crippen LogP contribution is 2.56. The molecule has 0 aromatic carbocycles. The minimum Gasteiger partial charge on any atom is -0.313 e. The van der Waals surface area contributed by atoms with Gasteiger partial charge in [-0.1, -0.05) is 54.4 Å². The van der Waals surface area contributed by atoms with Crippen molar-refractivity contribution in [3.05, 3.63) is 0 Å². The summed E-state index contributed by atoms with van der Waals surface area (Å²) in [6.45, 7) is 20.8. The quantitative estimate of drug-likeness (QED) is 0.591. The van der Waals surface area contributed by atoms with Gasteiger partial charge in [-0.25, -0.2) is 0 Å². The van der Waals surface area contributed by atoms with Gasteiger partial charge in [0.2, 0.25) is 0 Å². The maximum Gasteiger partial charge on any atom is 0.0169 e. The Morgan fingerprint density at radius 1 is 1.00 bits per heavy atom. The highest BCUT2D eigenvalue weighted by molar-refractivity contribution is 5.09. The van der Waals surface area contributed by atoms with Crippen LogP contribution >= 0.6 is 0 Å². The highest BCUT2D eigenvalue weighted by Gasteiger charge is 2.54. The number of rotatable bonds is 9. The maximum atomic E-state index is 3.90. The Morgan fingerprint density at radius 3 is 2.00 bits per heavy atom. The minimum absolute atomic E-state index is 0.403. The maximum absolute atomic E-state index is 3.90. The lowest BCUT2D eigenvalue weighted by Gasteiger charge is -2.61. The summed E-state index contributed by atoms with van der Waals surface area (Å²) >= 11 is 0. The van der Waals surface area contributed by atoms with Crippen LogP contribution in [-0.4, -0.2) is 24.7 Å². The van der Waals surface area contributed by atoms with Gasteiger partial charge in [0.25, 0.3) is 0 Å². The van der Waals surface area contributed by atoms with E-state index in [1.165, 1.54) is 45.1 Å². The van der Waals surface area contributed by atoms with Crippen molar-refractivity contribution in [3.63, 3.8) is 0 Å². The normalized spacial score (nSPS) is 41.0. The van der Waals surface area contributed by atoms with Gasteiger partial charge < -0.3 is 10.6 Å². The molecule has 2 nitrogen and oxygen atoms in total. The van der Waals surface area contributed by atoms with Gasteiger partial charge in [0.1, 0.15) is 0 Å². The van der Waals surface area contributed by atoms with Crippen molar-refractivity contribution in [1.82, 2.24) is 10.6 Å². The molecule has 0 amide bonds. The monoisotopic (exact) mass is 336 g/mol. The van der Waals surface area contributed by atoms with E-state index in [4.69, 9.17) is 0 Å². The highest BCUT2D eigenvalue weighted by atomic mass is 15.1. The van der Waals surface area contributed by atoms with Crippen LogP contribution < -0.4 is 10.6 Å². The first-order valence-electron chi connectivity index (χ1n) is 10.6. The van der Waals surface area contributed by atoms with Crippen LogP contribution in [0, 0.1) is 22.2 Å². The summed E-state index contributed by atoms with van der Waals surface area (Å²) in [7, 11) is 0. The third-order valence-corrected chi connectivity index (χ3v) is 8.50. The Labute approximate surface area is 151 Å². The number of hydrogen-bond donors (Lipinski definition) is 2. The molecule has 0 saturated carbocycles. The molecule has 0 aliphatic carbocycles. The Morgan fingerprint density at radius 2 is 1.62 bits per heavy atom. The molecule has 2 saturated heterocycles. The van der Waals surface area contributed by atoms with E-state index in [-0.39, 0.29) is 0 Å². The molecule has 0 bridgehead atoms. The summed E-state index contributed by atoms with van der Waals surface area (Å²) in [5.41, 5.74) is 1.34. The second kappa shape index (κ2) is 7.27. The van der Waals surface area contributed by atoms with Gasteiger partial charge in [0.05, 0.1) is 0 Å². The van der Waals surface area contributed by atoms with Crippen LogP contribution in [0.2, 0.25) is 0 Å². The van der Waals surface area contributed by atoms with Gasteiger partial charge >= 0.3 is 0 Å². The van der Waals surface area contributed by atoms with Crippen molar-refractivity contribution >= 4 is 0 Å². The van der Waals surface area contributed by atoms with Gasteiger partial charge in [-0.15, -0.1) is 0 Å². The molecule has 2 rings (SSSR count). The Bertz CT molecular complexity index is 422. The first kappa shape index (κ1) is 20.2. The van der Waals surface area contributed by atoms with Gasteiger partial charge in [-0.05, 0) is 61.7 Å². The molecule has 2 aliphatic rings. The molecule has 0 radical (unpaired) electrons. The van der Waals surface area contributed by atoms with Gasteiger partial charge in [-0.3, -0.25) is 0 Å². The lowest BCUT2D eigenvalue weighted by Crippen LogP contribution is -2.68. The summed E-state index contributed by atoms with van der Waals surface area (Å²) in [5, 5.41) is 7.48. The van der Waals surface area contributed by atoms with E-state index in [2.05, 4.69) is 66.0 Å². The Kier molecular flexibility index (Phi) is 6.13. The van der Waals surface area contributed by atoms with E-state index in [9.17, 15) is 0 Å². The lowest BCUT2D eigenvalue weighted by molar-refractivity contribution is -0.0709. The van der Waals surface area contributed by atoms with Crippen molar-refractivity contribution in [2.45, 2.75) is 112 Å². The van der Waals surface area contributed by atoms with Crippen molar-refractivity contribution in [3.8, 4) is 0 Å². The molecule has 2 fully saturated rings. The summed E-state index contributed by atoms with van der Waals surface area (Å²) in [6, 6.07) is 2.06. The predicted molar refractivity (Wildman–Crippen MR) is 106 cm³/mol. The summed E-state index contributed by atoms with van der Waals surface area (Å²) in [6.07, 6.45) is 8.05. The lowest BCUT2D eigenvalue weighted by atomic mass is 9.51. The molecule has 142 valence electrons. The second-order valence-corrected chi connectivity index (χ2v) is 10.0. The zero-order valence-corrected chi connectivity index (χ0v) is 17.8. The third-order valence-electron chi connectivity index (χ3n) is 8.50. The standard InChI is InChI=1S/C22H44N2/c1-9-11-21(7,14-13-20(6)15-23-18(20)5)22(8,12-10-2)19-16(3)17(4)24-19/h16-19,23-24H,9-15H2,1-8H3. The van der Waals surface area contributed by atoms with Gasteiger partial charge in [-0.2, -0.15) is 0 Å². The van der Waals surface area contributed by atoms with E-state index < -0.39 is 0 Å². The van der Waals surface area contributed by atoms with Gasteiger partial charge in [0, 0.05) is 24.7 Å². The average Bonchev–Trinajstić information content (AvgIpc) is 2.55. The van der Waals surface area contributed by atoms with Crippen LogP contribution in [0.4, 0.5) is 0 Å². The van der Waals surface area contributed by atoms with Crippen molar-refractivity contribution in [2.75, 3.05) is 6.54 Å². The number of hydrogen-bond acceptors (Lipinski definition) is 2. The topological polar surface area (TPSA) is 24.1 Å². The molecule has 2 heterocycles. The summed E-state index contributed by atoms with van der Waals surface area (Å²) < 4.78 is 0. The SMILES string of the molecule is CCCC(C)(CCC1(C)CNC1C)C(C)(CCC)C1NC(C)C1C. The molecular formula is C22H44N2. The largest absolute Gasteiger partial charge is 0.313 e. The Hall–Kier alpha value is -0.0800. The van der Waals surface area contributed by atoms with Crippen LogP contribution in [0.5, 0.6) is 0 Å². The fraction of sp³-hybridized carbons (Fsp3) is 1.00. The van der Waals surface area contributed by atoms with Crippen molar-refractivity contribution in [2.24, 2.45) is 22.2 Å². The molecule has 7 unspecified atom stereocenters. The zero-order valence-electron chi connectivity index (χ0n) is 17.8. The van der Waals surface area contributed by atoms with E-state index >= 15 is 0 Å². The van der Waals surface area contributed by atoms with Crippen LogP contribution in [0.15, 0.2) is 0 Å². The molecule has 2 N–H and O–H groups in total. The van der Waals surface area contributed by atoms with E-state index in [1.807, 2.05) is 0 Å². The first-order chi connectivity index (χ1) is 11.1. The fourth-order valence-corrected chi connectivity index (χ4v) is 5.64. The zero-order chi connectivity index (χ0) is 18.2. The molecule has 0 spiro atoms. The van der Waals surface area contributed by atoms with E-state index in [1.54, 1.807) is 0 Å². The first-order valence-corrected chi connectivity index (χ1v) is 10.6. The van der Waals surface area contributed by atoms with Crippen molar-refractivity contribution < 1.29 is 0 Å². The fourth-order valence-electron chi connectivity index (χ4n) is 5.64. The average molecular weight is 337 g/mol. The molecule has 2 heteroatoms. The minimum atomic E-state index is 0.403. The molecule has 24 heavy (non-hydrogen) atoms. The van der Waals surface area contributed by atoms with Crippen LogP contribution in [0.25, 0.3) is 0 Å². The predicted octanol–water partition coefficient (Wildman–Crippen LogP) is 5.37. The molecule has 7 atom stereocenters. The van der Waals surface area contributed by atoms with Gasteiger partial charge in [0.15, 0.2) is 0 Å². The van der Waals surface area contributed by atoms with Crippen LogP contribution in [0.1, 0.15) is 93.9 Å². The summed E-state index contributed by atoms with van der Waals surface area (Å²) in [5.74, 6) is 0.803. The van der Waals surface area contributed by atoms with Crippen LogP contribution in [0.3, 0.4) is 0 Å². The molecule has 0 aromatic heterocycles. The Balaban J connectivity index is 2.19. The van der Waals surface area contributed by atoms with E-state index in [0.29, 0.717) is 34.4 Å². The van der Waals surface area contributed by atoms with E-state index in [0.717, 1.165) is 5.92 Å². The second-order valence-electron chi connectivity index (χ2n) is 10.0. The smallest absolute Gasteiger partial charge is 0.0169 e. The third kappa shape index (κ3) is 3.30. The van der Waals surface area contributed by atoms with Crippen LogP contribution in [-0.2, 0) is 0 Å². The van der Waals surface area contributed by atoms with Crippen molar-refractivity contribution in [1.29, 1.82) is 0 Å². The molecule has 2 aliphatic heterocycles. The summed E-state index contributed by atoms with van der Waals surface area (Å²) in [4.78, 5) is 0. The number of nitrogens with one attached hydrogen (secondary N) is 2.